The molecule has 1 heterocycles. The van der Waals surface area contributed by atoms with Gasteiger partial charge in [-0.2, -0.15) is 5.10 Å². The fourth-order valence-corrected chi connectivity index (χ4v) is 6.58. The Balaban J connectivity index is 1.21. The summed E-state index contributed by atoms with van der Waals surface area (Å²) >= 11 is 0. The first-order chi connectivity index (χ1) is 13.1. The van der Waals surface area contributed by atoms with E-state index in [4.69, 9.17) is 0 Å². The van der Waals surface area contributed by atoms with Crippen LogP contribution in [0.5, 0.6) is 0 Å². The number of nitrogens with zero attached hydrogens (tertiary/aromatic N) is 1. The molecule has 0 spiro atoms. The Morgan fingerprint density at radius 2 is 1.70 bits per heavy atom. The van der Waals surface area contributed by atoms with Crippen molar-refractivity contribution in [3.63, 3.8) is 0 Å². The van der Waals surface area contributed by atoms with Crippen LogP contribution in [-0.2, 0) is 11.2 Å². The predicted octanol–water partition coefficient (Wildman–Crippen LogP) is 3.19. The van der Waals surface area contributed by atoms with Gasteiger partial charge in [-0.25, -0.2) is 5.10 Å². The quantitative estimate of drug-likeness (QED) is 0.854. The first-order valence-corrected chi connectivity index (χ1v) is 10.3. The third-order valence-corrected chi connectivity index (χ3v) is 7.25. The van der Waals surface area contributed by atoms with Crippen LogP contribution in [0.25, 0.3) is 10.8 Å². The minimum Gasteiger partial charge on any atom is -0.356 e. The first kappa shape index (κ1) is 17.0. The van der Waals surface area contributed by atoms with Gasteiger partial charge in [-0.3, -0.25) is 9.59 Å². The van der Waals surface area contributed by atoms with Crippen molar-refractivity contribution in [3.05, 3.63) is 40.3 Å². The fraction of sp³-hybridized carbons (Fsp3) is 0.591. The topological polar surface area (TPSA) is 74.8 Å². The van der Waals surface area contributed by atoms with Crippen LogP contribution in [0.4, 0.5) is 0 Å². The maximum absolute atomic E-state index is 12.5. The molecule has 4 aliphatic rings. The Labute approximate surface area is 158 Å². The molecule has 1 aromatic carbocycles. The van der Waals surface area contributed by atoms with E-state index in [9.17, 15) is 9.59 Å². The highest BCUT2D eigenvalue weighted by molar-refractivity contribution is 5.88. The lowest BCUT2D eigenvalue weighted by atomic mass is 9.49. The molecular formula is C22H27N3O2. The molecule has 0 atom stereocenters. The summed E-state index contributed by atoms with van der Waals surface area (Å²) < 4.78 is 0. The minimum atomic E-state index is -0.212. The van der Waals surface area contributed by atoms with Crippen molar-refractivity contribution < 1.29 is 4.79 Å². The van der Waals surface area contributed by atoms with E-state index in [-0.39, 0.29) is 17.9 Å². The summed E-state index contributed by atoms with van der Waals surface area (Å²) in [7, 11) is 0. The average Bonchev–Trinajstić information content (AvgIpc) is 2.63. The number of H-pyrrole nitrogens is 1. The molecule has 0 saturated heterocycles. The predicted molar refractivity (Wildman–Crippen MR) is 104 cm³/mol. The van der Waals surface area contributed by atoms with Gasteiger partial charge in [0.05, 0.1) is 17.5 Å². The Morgan fingerprint density at radius 3 is 2.37 bits per heavy atom. The number of hydrogen-bond acceptors (Lipinski definition) is 3. The molecule has 5 heteroatoms. The Hall–Kier alpha value is -2.17. The minimum absolute atomic E-state index is 0.00979. The summed E-state index contributed by atoms with van der Waals surface area (Å²) in [5.74, 6) is 2.83. The summed E-state index contributed by atoms with van der Waals surface area (Å²) in [6.45, 7) is 0.756. The van der Waals surface area contributed by atoms with E-state index in [0.29, 0.717) is 16.5 Å². The lowest BCUT2D eigenvalue weighted by Crippen LogP contribution is -2.47. The number of nitrogens with one attached hydrogen (secondary N) is 2. The van der Waals surface area contributed by atoms with E-state index >= 15 is 0 Å². The Morgan fingerprint density at radius 1 is 1.07 bits per heavy atom. The summed E-state index contributed by atoms with van der Waals surface area (Å²) in [6, 6.07) is 7.32. The maximum atomic E-state index is 12.5. The zero-order valence-corrected chi connectivity index (χ0v) is 15.7. The van der Waals surface area contributed by atoms with Crippen LogP contribution >= 0.6 is 0 Å². The van der Waals surface area contributed by atoms with Gasteiger partial charge in [0, 0.05) is 11.9 Å². The van der Waals surface area contributed by atoms with E-state index in [1.807, 2.05) is 18.2 Å². The van der Waals surface area contributed by atoms with Gasteiger partial charge >= 0.3 is 0 Å². The number of benzene rings is 1. The molecule has 1 amide bonds. The zero-order chi connectivity index (χ0) is 18.4. The van der Waals surface area contributed by atoms with Crippen LogP contribution in [-0.4, -0.2) is 22.6 Å². The monoisotopic (exact) mass is 365 g/mol. The molecule has 2 aromatic rings. The van der Waals surface area contributed by atoms with Crippen molar-refractivity contribution in [2.24, 2.45) is 23.2 Å². The zero-order valence-electron chi connectivity index (χ0n) is 15.7. The molecule has 4 fully saturated rings. The normalized spacial score (nSPS) is 31.3. The number of hydrogen-bond donors (Lipinski definition) is 2. The third kappa shape index (κ3) is 3.17. The second kappa shape index (κ2) is 6.47. The molecule has 4 bridgehead atoms. The first-order valence-electron chi connectivity index (χ1n) is 10.3. The molecule has 4 aliphatic carbocycles. The maximum Gasteiger partial charge on any atom is 0.272 e. The highest BCUT2D eigenvalue weighted by Crippen LogP contribution is 2.61. The Kier molecular flexibility index (Phi) is 4.06. The van der Waals surface area contributed by atoms with Gasteiger partial charge in [-0.15, -0.1) is 0 Å². The SMILES string of the molecule is O=C(Cc1n[nH]c(=O)c2ccccc12)NCCC12CC3CC(CC(C3)C1)C2. The fourth-order valence-electron chi connectivity index (χ4n) is 6.58. The number of rotatable bonds is 5. The number of aromatic nitrogens is 2. The van der Waals surface area contributed by atoms with Crippen LogP contribution in [0.2, 0.25) is 0 Å². The van der Waals surface area contributed by atoms with Gasteiger partial charge in [-0.1, -0.05) is 18.2 Å². The van der Waals surface area contributed by atoms with Crippen LogP contribution in [0.3, 0.4) is 0 Å². The smallest absolute Gasteiger partial charge is 0.272 e. The van der Waals surface area contributed by atoms with Gasteiger partial charge in [0.15, 0.2) is 0 Å². The van der Waals surface area contributed by atoms with Gasteiger partial charge in [0.25, 0.3) is 5.56 Å². The lowest BCUT2D eigenvalue weighted by molar-refractivity contribution is -0.120. The Bertz CT molecular complexity index is 897. The number of fused-ring (bicyclic) bond motifs is 1. The van der Waals surface area contributed by atoms with Crippen LogP contribution in [0.1, 0.15) is 50.6 Å². The van der Waals surface area contributed by atoms with Crippen LogP contribution < -0.4 is 10.9 Å². The van der Waals surface area contributed by atoms with Crippen molar-refractivity contribution in [2.75, 3.05) is 6.54 Å². The summed E-state index contributed by atoms with van der Waals surface area (Å²) in [5, 5.41) is 11.1. The molecule has 0 unspecified atom stereocenters. The lowest BCUT2D eigenvalue weighted by Gasteiger charge is -2.57. The number of carbonyl (C=O) groups is 1. The molecule has 6 rings (SSSR count). The standard InChI is InChI=1S/C22H27N3O2/c26-20(10-19-17-3-1-2-4-18(17)21(27)25-24-19)23-6-5-22-11-14-7-15(12-22)9-16(8-14)13-22/h1-4,14-16H,5-13H2,(H,23,26)(H,25,27). The molecule has 142 valence electrons. The number of amides is 1. The van der Waals surface area contributed by atoms with Gasteiger partial charge in [0.1, 0.15) is 0 Å². The summed E-state index contributed by atoms with van der Waals surface area (Å²) in [6.07, 6.45) is 9.81. The van der Waals surface area contributed by atoms with Crippen molar-refractivity contribution >= 4 is 16.7 Å². The van der Waals surface area contributed by atoms with Crippen molar-refractivity contribution in [1.82, 2.24) is 15.5 Å². The van der Waals surface area contributed by atoms with Gasteiger partial charge in [-0.05, 0) is 74.2 Å². The van der Waals surface area contributed by atoms with E-state index < -0.39 is 0 Å². The average molecular weight is 365 g/mol. The number of aromatic amines is 1. The molecule has 5 nitrogen and oxygen atoms in total. The van der Waals surface area contributed by atoms with Gasteiger partial charge in [0.2, 0.25) is 5.91 Å². The molecule has 0 aliphatic heterocycles. The molecule has 0 radical (unpaired) electrons. The van der Waals surface area contributed by atoms with E-state index in [2.05, 4.69) is 15.5 Å². The molecule has 2 N–H and O–H groups in total. The second-order valence-corrected chi connectivity index (χ2v) is 9.24. The molecule has 4 saturated carbocycles. The van der Waals surface area contributed by atoms with Crippen LogP contribution in [0.15, 0.2) is 29.1 Å². The second-order valence-electron chi connectivity index (χ2n) is 9.24. The van der Waals surface area contributed by atoms with Gasteiger partial charge < -0.3 is 5.32 Å². The molecule has 1 aromatic heterocycles. The van der Waals surface area contributed by atoms with Crippen molar-refractivity contribution in [3.8, 4) is 0 Å². The highest BCUT2D eigenvalue weighted by atomic mass is 16.1. The summed E-state index contributed by atoms with van der Waals surface area (Å²) in [4.78, 5) is 24.4. The van der Waals surface area contributed by atoms with Crippen molar-refractivity contribution in [1.29, 1.82) is 0 Å². The molecule has 27 heavy (non-hydrogen) atoms. The van der Waals surface area contributed by atoms with E-state index in [1.165, 1.54) is 38.5 Å². The summed E-state index contributed by atoms with van der Waals surface area (Å²) in [5.41, 5.74) is 0.916. The van der Waals surface area contributed by atoms with E-state index in [1.54, 1.807) is 6.07 Å². The van der Waals surface area contributed by atoms with E-state index in [0.717, 1.165) is 36.1 Å². The van der Waals surface area contributed by atoms with Crippen molar-refractivity contribution in [2.45, 2.75) is 51.4 Å². The highest BCUT2D eigenvalue weighted by Gasteiger charge is 2.50. The number of carbonyl (C=O) groups excluding carboxylic acids is 1. The largest absolute Gasteiger partial charge is 0.356 e. The third-order valence-electron chi connectivity index (χ3n) is 7.25. The molecular weight excluding hydrogens is 338 g/mol. The van der Waals surface area contributed by atoms with Crippen LogP contribution in [0, 0.1) is 23.2 Å².